The van der Waals surface area contributed by atoms with Crippen LogP contribution in [-0.2, 0) is 16.4 Å². The van der Waals surface area contributed by atoms with Crippen molar-refractivity contribution in [1.82, 2.24) is 15.1 Å². The minimum absolute atomic E-state index is 0.0126. The molecular formula is C18H22N4O3S. The van der Waals surface area contributed by atoms with Crippen molar-refractivity contribution in [3.05, 3.63) is 53.2 Å². The van der Waals surface area contributed by atoms with Gasteiger partial charge in [0.05, 0.1) is 11.5 Å². The predicted molar refractivity (Wildman–Crippen MR) is 99.7 cm³/mol. The lowest BCUT2D eigenvalue weighted by atomic mass is 10.1. The second-order valence-corrected chi connectivity index (χ2v) is 8.79. The van der Waals surface area contributed by atoms with E-state index in [1.54, 1.807) is 19.2 Å². The first kappa shape index (κ1) is 18.3. The maximum absolute atomic E-state index is 12.5. The highest BCUT2D eigenvalue weighted by molar-refractivity contribution is 7.91. The number of amides is 1. The first-order chi connectivity index (χ1) is 12.4. The van der Waals surface area contributed by atoms with Gasteiger partial charge in [0.25, 0.3) is 5.91 Å². The third-order valence-corrected chi connectivity index (χ3v) is 6.43. The van der Waals surface area contributed by atoms with Crippen molar-refractivity contribution >= 4 is 21.6 Å². The van der Waals surface area contributed by atoms with Gasteiger partial charge in [0.1, 0.15) is 5.82 Å². The van der Waals surface area contributed by atoms with E-state index in [1.807, 2.05) is 31.2 Å². The molecule has 3 rings (SSSR count). The van der Waals surface area contributed by atoms with E-state index in [1.165, 1.54) is 10.5 Å². The molecule has 1 amide bonds. The molecule has 2 heterocycles. The first-order valence-corrected chi connectivity index (χ1v) is 10.3. The molecule has 1 N–H and O–H groups in total. The van der Waals surface area contributed by atoms with E-state index < -0.39 is 9.84 Å². The summed E-state index contributed by atoms with van der Waals surface area (Å²) in [5.41, 5.74) is 2.56. The molecule has 0 aliphatic carbocycles. The first-order valence-electron chi connectivity index (χ1n) is 8.45. The van der Waals surface area contributed by atoms with E-state index in [0.29, 0.717) is 18.8 Å². The topological polar surface area (TPSA) is 92.3 Å². The van der Waals surface area contributed by atoms with Crippen molar-refractivity contribution in [3.8, 4) is 0 Å². The number of hydrogen-bond donors (Lipinski definition) is 1. The molecule has 1 fully saturated rings. The summed E-state index contributed by atoms with van der Waals surface area (Å²) in [5.74, 6) is 0.405. The number of carbonyl (C=O) groups is 1. The maximum atomic E-state index is 12.5. The van der Waals surface area contributed by atoms with Crippen molar-refractivity contribution < 1.29 is 13.2 Å². The van der Waals surface area contributed by atoms with Crippen LogP contribution in [0.2, 0.25) is 0 Å². The number of benzene rings is 1. The van der Waals surface area contributed by atoms with Gasteiger partial charge < -0.3 is 10.2 Å². The van der Waals surface area contributed by atoms with Crippen LogP contribution in [0.1, 0.15) is 28.0 Å². The van der Waals surface area contributed by atoms with Crippen LogP contribution in [0.25, 0.3) is 0 Å². The van der Waals surface area contributed by atoms with E-state index in [2.05, 4.69) is 15.5 Å². The standard InChI is InChI=1S/C18H22N4O3S/c1-13-5-3-4-6-14(13)11-19-17-8-7-16(20-21-17)18(23)22(2)15-9-10-26(24,25)12-15/h3-8,15H,9-12H2,1-2H3,(H,19,21). The number of aromatic nitrogens is 2. The Kier molecular flexibility index (Phi) is 5.22. The van der Waals surface area contributed by atoms with Crippen molar-refractivity contribution in [2.45, 2.75) is 25.9 Å². The number of rotatable bonds is 5. The van der Waals surface area contributed by atoms with Gasteiger partial charge in [-0.25, -0.2) is 8.42 Å². The Labute approximate surface area is 153 Å². The van der Waals surface area contributed by atoms with Gasteiger partial charge in [-0.1, -0.05) is 24.3 Å². The number of nitrogens with one attached hydrogen (secondary N) is 1. The van der Waals surface area contributed by atoms with E-state index >= 15 is 0 Å². The monoisotopic (exact) mass is 374 g/mol. The summed E-state index contributed by atoms with van der Waals surface area (Å²) < 4.78 is 23.2. The third-order valence-electron chi connectivity index (χ3n) is 4.68. The Bertz CT molecular complexity index is 897. The minimum atomic E-state index is -3.04. The largest absolute Gasteiger partial charge is 0.364 e. The van der Waals surface area contributed by atoms with Crippen molar-refractivity contribution in [2.75, 3.05) is 23.9 Å². The summed E-state index contributed by atoms with van der Waals surface area (Å²) >= 11 is 0. The molecule has 2 aromatic rings. The molecule has 0 saturated carbocycles. The zero-order valence-corrected chi connectivity index (χ0v) is 15.7. The fourth-order valence-electron chi connectivity index (χ4n) is 2.96. The Morgan fingerprint density at radius 2 is 2.00 bits per heavy atom. The normalized spacial score (nSPS) is 18.5. The number of nitrogens with zero attached hydrogens (tertiary/aromatic N) is 3. The second kappa shape index (κ2) is 7.41. The van der Waals surface area contributed by atoms with Gasteiger partial charge in [0.15, 0.2) is 15.5 Å². The Morgan fingerprint density at radius 3 is 2.62 bits per heavy atom. The second-order valence-electron chi connectivity index (χ2n) is 6.56. The molecule has 1 saturated heterocycles. The Balaban J connectivity index is 1.62. The smallest absolute Gasteiger partial charge is 0.274 e. The van der Waals surface area contributed by atoms with Crippen LogP contribution in [0.4, 0.5) is 5.82 Å². The summed E-state index contributed by atoms with van der Waals surface area (Å²) in [4.78, 5) is 13.9. The van der Waals surface area contributed by atoms with Gasteiger partial charge in [0, 0.05) is 19.6 Å². The van der Waals surface area contributed by atoms with Crippen LogP contribution >= 0.6 is 0 Å². The van der Waals surface area contributed by atoms with Crippen LogP contribution in [0.5, 0.6) is 0 Å². The van der Waals surface area contributed by atoms with Gasteiger partial charge >= 0.3 is 0 Å². The van der Waals surface area contributed by atoms with Gasteiger partial charge in [-0.05, 0) is 36.6 Å². The Hall–Kier alpha value is -2.48. The molecule has 1 aromatic heterocycles. The van der Waals surface area contributed by atoms with E-state index in [9.17, 15) is 13.2 Å². The number of hydrogen-bond acceptors (Lipinski definition) is 6. The molecule has 0 radical (unpaired) electrons. The fraction of sp³-hybridized carbons (Fsp3) is 0.389. The van der Waals surface area contributed by atoms with E-state index in [0.717, 1.165) is 5.56 Å². The molecule has 0 bridgehead atoms. The van der Waals surface area contributed by atoms with Crippen LogP contribution in [0, 0.1) is 6.92 Å². The lowest BCUT2D eigenvalue weighted by Crippen LogP contribution is -2.38. The lowest BCUT2D eigenvalue weighted by molar-refractivity contribution is 0.0740. The predicted octanol–water partition coefficient (Wildman–Crippen LogP) is 1.66. The van der Waals surface area contributed by atoms with Crippen LogP contribution < -0.4 is 5.32 Å². The highest BCUT2D eigenvalue weighted by Crippen LogP contribution is 2.18. The molecule has 1 aliphatic rings. The summed E-state index contributed by atoms with van der Waals surface area (Å²) in [6.45, 7) is 2.66. The van der Waals surface area contributed by atoms with Crippen LogP contribution in [0.15, 0.2) is 36.4 Å². The maximum Gasteiger partial charge on any atom is 0.274 e. The third kappa shape index (κ3) is 4.19. The molecular weight excluding hydrogens is 352 g/mol. The zero-order valence-electron chi connectivity index (χ0n) is 14.8. The van der Waals surface area contributed by atoms with Crippen molar-refractivity contribution in [3.63, 3.8) is 0 Å². The molecule has 26 heavy (non-hydrogen) atoms. The van der Waals surface area contributed by atoms with Gasteiger partial charge in [-0.2, -0.15) is 0 Å². The van der Waals surface area contributed by atoms with Gasteiger partial charge in [-0.15, -0.1) is 10.2 Å². The number of sulfone groups is 1. The van der Waals surface area contributed by atoms with Gasteiger partial charge in [0.2, 0.25) is 0 Å². The average Bonchev–Trinajstić information content (AvgIpc) is 3.00. The molecule has 1 unspecified atom stereocenters. The van der Waals surface area contributed by atoms with Crippen LogP contribution in [0.3, 0.4) is 0 Å². The quantitative estimate of drug-likeness (QED) is 0.856. The SMILES string of the molecule is Cc1ccccc1CNc1ccc(C(=O)N(C)C2CCS(=O)(=O)C2)nn1. The Morgan fingerprint density at radius 1 is 1.23 bits per heavy atom. The minimum Gasteiger partial charge on any atom is -0.364 e. The molecule has 1 aromatic carbocycles. The summed E-state index contributed by atoms with van der Waals surface area (Å²) in [7, 11) is -1.43. The number of anilines is 1. The number of carbonyl (C=O) groups excluding carboxylic acids is 1. The fourth-order valence-corrected chi connectivity index (χ4v) is 4.74. The molecule has 0 spiro atoms. The molecule has 7 nitrogen and oxygen atoms in total. The molecule has 1 atom stereocenters. The average molecular weight is 374 g/mol. The molecule has 138 valence electrons. The number of aryl methyl sites for hydroxylation is 1. The van der Waals surface area contributed by atoms with E-state index in [4.69, 9.17) is 0 Å². The lowest BCUT2D eigenvalue weighted by Gasteiger charge is -2.22. The summed E-state index contributed by atoms with van der Waals surface area (Å²) in [5, 5.41) is 11.2. The van der Waals surface area contributed by atoms with Crippen LogP contribution in [-0.4, -0.2) is 54.0 Å². The summed E-state index contributed by atoms with van der Waals surface area (Å²) in [6, 6.07) is 11.1. The highest BCUT2D eigenvalue weighted by atomic mass is 32.2. The molecule has 1 aliphatic heterocycles. The van der Waals surface area contributed by atoms with E-state index in [-0.39, 0.29) is 29.1 Å². The van der Waals surface area contributed by atoms with Crippen molar-refractivity contribution in [2.24, 2.45) is 0 Å². The zero-order chi connectivity index (χ0) is 18.7. The van der Waals surface area contributed by atoms with Gasteiger partial charge in [-0.3, -0.25) is 4.79 Å². The summed E-state index contributed by atoms with van der Waals surface area (Å²) in [6.07, 6.45) is 0.466. The molecule has 8 heteroatoms. The van der Waals surface area contributed by atoms with Crippen molar-refractivity contribution in [1.29, 1.82) is 0 Å². The highest BCUT2D eigenvalue weighted by Gasteiger charge is 2.33.